The molecule has 0 saturated carbocycles. The van der Waals surface area contributed by atoms with Crippen molar-refractivity contribution in [3.8, 4) is 0 Å². The Morgan fingerprint density at radius 1 is 1.75 bits per heavy atom. The fraction of sp³-hybridized carbons (Fsp3) is 0.500. The Kier molecular flexibility index (Phi) is 1.27. The van der Waals surface area contributed by atoms with E-state index in [1.54, 1.807) is 6.21 Å². The van der Waals surface area contributed by atoms with Gasteiger partial charge in [0, 0.05) is 11.8 Å². The average molecular weight is 108 g/mol. The number of allylic oxidation sites excluding steroid dienone is 1. The van der Waals surface area contributed by atoms with Crippen LogP contribution in [0, 0.1) is 0 Å². The molecule has 2 heteroatoms. The van der Waals surface area contributed by atoms with Gasteiger partial charge in [-0.05, 0) is 19.7 Å². The molecule has 42 valence electrons. The lowest BCUT2D eigenvalue weighted by Gasteiger charge is -1.98. The average Bonchev–Trinajstić information content (AvgIpc) is 1.77. The minimum atomic E-state index is 0.0821. The highest BCUT2D eigenvalue weighted by atomic mass is 15.0. The largest absolute Gasteiger partial charge is 0.265 e. The predicted molar refractivity (Wildman–Crippen MR) is 34.6 cm³/mol. The Morgan fingerprint density at radius 3 is 2.88 bits per heavy atom. The van der Waals surface area contributed by atoms with E-state index in [0.29, 0.717) is 0 Å². The lowest BCUT2D eigenvalue weighted by Crippen LogP contribution is -1.98. The molecule has 0 bridgehead atoms. The van der Waals surface area contributed by atoms with Gasteiger partial charge in [0.2, 0.25) is 0 Å². The Balaban J connectivity index is 2.86. The topological polar surface area (TPSA) is 24.7 Å². The van der Waals surface area contributed by atoms with Gasteiger partial charge >= 0.3 is 0 Å². The normalized spacial score (nSPS) is 25.8. The zero-order valence-corrected chi connectivity index (χ0v) is 5.05. The van der Waals surface area contributed by atoms with Crippen LogP contribution in [0.1, 0.15) is 13.8 Å². The summed E-state index contributed by atoms with van der Waals surface area (Å²) in [4.78, 5) is 7.95. The van der Waals surface area contributed by atoms with E-state index in [1.807, 2.05) is 13.8 Å². The SMILES string of the molecule is CC1=C=NC(C)N=C1. The molecule has 0 aromatic carbocycles. The molecule has 0 amide bonds. The molecule has 0 radical (unpaired) electrons. The standard InChI is InChI=1S/C6H8N2/c1-5-3-7-6(2)8-4-5/h3,6H,1-2H3. The van der Waals surface area contributed by atoms with Gasteiger partial charge in [0.1, 0.15) is 6.17 Å². The van der Waals surface area contributed by atoms with Crippen LogP contribution >= 0.6 is 0 Å². The van der Waals surface area contributed by atoms with Crippen molar-refractivity contribution in [2.75, 3.05) is 0 Å². The molecule has 0 spiro atoms. The zero-order valence-electron chi connectivity index (χ0n) is 5.05. The lowest BCUT2D eigenvalue weighted by molar-refractivity contribution is 0.800. The molecule has 1 heterocycles. The van der Waals surface area contributed by atoms with Crippen molar-refractivity contribution >= 4 is 12.1 Å². The number of aliphatic imine (C=N–C) groups is 2. The van der Waals surface area contributed by atoms with Gasteiger partial charge in [-0.2, -0.15) is 0 Å². The summed E-state index contributed by atoms with van der Waals surface area (Å²) in [6, 6.07) is 0. The fourth-order valence-electron chi connectivity index (χ4n) is 0.477. The van der Waals surface area contributed by atoms with E-state index < -0.39 is 0 Å². The zero-order chi connectivity index (χ0) is 5.98. The van der Waals surface area contributed by atoms with Crippen LogP contribution in [0.5, 0.6) is 0 Å². The fourth-order valence-corrected chi connectivity index (χ4v) is 0.477. The Hall–Kier alpha value is -0.880. The Bertz CT molecular complexity index is 173. The first-order valence-corrected chi connectivity index (χ1v) is 2.61. The first kappa shape index (κ1) is 5.26. The van der Waals surface area contributed by atoms with Crippen molar-refractivity contribution in [2.24, 2.45) is 9.98 Å². The molecule has 8 heavy (non-hydrogen) atoms. The quantitative estimate of drug-likeness (QED) is 0.443. The van der Waals surface area contributed by atoms with Crippen molar-refractivity contribution < 1.29 is 0 Å². The van der Waals surface area contributed by atoms with Crippen molar-refractivity contribution in [3.05, 3.63) is 5.57 Å². The third-order valence-electron chi connectivity index (χ3n) is 0.912. The second-order valence-electron chi connectivity index (χ2n) is 1.83. The molecule has 0 aromatic rings. The monoisotopic (exact) mass is 108 g/mol. The molecule has 0 saturated heterocycles. The maximum atomic E-state index is 4.02. The van der Waals surface area contributed by atoms with Crippen LogP contribution in [0.25, 0.3) is 0 Å². The summed E-state index contributed by atoms with van der Waals surface area (Å²) >= 11 is 0. The van der Waals surface area contributed by atoms with Crippen molar-refractivity contribution in [3.63, 3.8) is 0 Å². The molecule has 0 fully saturated rings. The number of hydrogen-bond acceptors (Lipinski definition) is 2. The van der Waals surface area contributed by atoms with Crippen molar-refractivity contribution in [1.82, 2.24) is 0 Å². The summed E-state index contributed by atoms with van der Waals surface area (Å²) in [5.74, 6) is 2.82. The van der Waals surface area contributed by atoms with E-state index in [4.69, 9.17) is 0 Å². The molecule has 0 aromatic heterocycles. The van der Waals surface area contributed by atoms with Crippen LogP contribution in [-0.4, -0.2) is 18.3 Å². The van der Waals surface area contributed by atoms with Gasteiger partial charge in [-0.3, -0.25) is 4.99 Å². The van der Waals surface area contributed by atoms with Crippen LogP contribution in [0.15, 0.2) is 15.6 Å². The van der Waals surface area contributed by atoms with Gasteiger partial charge in [-0.15, -0.1) is 0 Å². The number of nitrogens with zero attached hydrogens (tertiary/aromatic N) is 2. The molecule has 1 aliphatic heterocycles. The summed E-state index contributed by atoms with van der Waals surface area (Å²) in [7, 11) is 0. The molecular weight excluding hydrogens is 100 g/mol. The molecule has 0 aliphatic carbocycles. The van der Waals surface area contributed by atoms with Crippen molar-refractivity contribution in [2.45, 2.75) is 20.0 Å². The van der Waals surface area contributed by atoms with Crippen LogP contribution in [0.2, 0.25) is 0 Å². The van der Waals surface area contributed by atoms with Crippen LogP contribution in [-0.2, 0) is 0 Å². The van der Waals surface area contributed by atoms with E-state index in [1.165, 1.54) is 0 Å². The molecule has 1 atom stereocenters. The van der Waals surface area contributed by atoms with Crippen LogP contribution in [0.3, 0.4) is 0 Å². The van der Waals surface area contributed by atoms with E-state index >= 15 is 0 Å². The van der Waals surface area contributed by atoms with Gasteiger partial charge in [-0.25, -0.2) is 4.99 Å². The smallest absolute Gasteiger partial charge is 0.146 e. The molecule has 2 nitrogen and oxygen atoms in total. The van der Waals surface area contributed by atoms with Gasteiger partial charge in [0.05, 0.1) is 0 Å². The van der Waals surface area contributed by atoms with E-state index in [0.717, 1.165) is 5.57 Å². The maximum absolute atomic E-state index is 4.02. The Labute approximate surface area is 48.7 Å². The Morgan fingerprint density at radius 2 is 2.50 bits per heavy atom. The molecule has 0 N–H and O–H groups in total. The number of hydrogen-bond donors (Lipinski definition) is 0. The second kappa shape index (κ2) is 1.93. The molecular formula is C6H8N2. The molecule has 1 rings (SSSR count). The highest BCUT2D eigenvalue weighted by Crippen LogP contribution is 1.94. The van der Waals surface area contributed by atoms with E-state index in [-0.39, 0.29) is 6.17 Å². The maximum Gasteiger partial charge on any atom is 0.146 e. The molecule has 1 aliphatic rings. The van der Waals surface area contributed by atoms with Crippen molar-refractivity contribution in [1.29, 1.82) is 0 Å². The third-order valence-corrected chi connectivity index (χ3v) is 0.912. The van der Waals surface area contributed by atoms with Crippen LogP contribution in [0.4, 0.5) is 0 Å². The first-order valence-electron chi connectivity index (χ1n) is 2.61. The van der Waals surface area contributed by atoms with Gasteiger partial charge in [-0.1, -0.05) is 0 Å². The van der Waals surface area contributed by atoms with Crippen LogP contribution < -0.4 is 0 Å². The highest BCUT2D eigenvalue weighted by molar-refractivity contribution is 5.90. The summed E-state index contributed by atoms with van der Waals surface area (Å²) in [6.45, 7) is 3.86. The number of rotatable bonds is 0. The summed E-state index contributed by atoms with van der Waals surface area (Å²) in [6.07, 6.45) is 1.87. The minimum Gasteiger partial charge on any atom is -0.265 e. The highest BCUT2D eigenvalue weighted by Gasteiger charge is 1.93. The lowest BCUT2D eigenvalue weighted by atomic mass is 10.3. The molecule has 1 unspecified atom stereocenters. The van der Waals surface area contributed by atoms with Gasteiger partial charge < -0.3 is 0 Å². The van der Waals surface area contributed by atoms with Gasteiger partial charge in [0.25, 0.3) is 0 Å². The van der Waals surface area contributed by atoms with Gasteiger partial charge in [0.15, 0.2) is 0 Å². The summed E-state index contributed by atoms with van der Waals surface area (Å²) in [5.41, 5.74) is 1.00. The van der Waals surface area contributed by atoms with E-state index in [9.17, 15) is 0 Å². The minimum absolute atomic E-state index is 0.0821. The summed E-state index contributed by atoms with van der Waals surface area (Å²) in [5, 5.41) is 0. The van der Waals surface area contributed by atoms with E-state index in [2.05, 4.69) is 15.9 Å². The second-order valence-corrected chi connectivity index (χ2v) is 1.83. The summed E-state index contributed by atoms with van der Waals surface area (Å²) < 4.78 is 0. The third kappa shape index (κ3) is 1.04. The predicted octanol–water partition coefficient (Wildman–Crippen LogP) is 1.03. The first-order chi connectivity index (χ1) is 3.79.